The first-order valence-corrected chi connectivity index (χ1v) is 7.53. The molecule has 0 radical (unpaired) electrons. The Morgan fingerprint density at radius 3 is 2.67 bits per heavy atom. The van der Waals surface area contributed by atoms with Crippen LogP contribution in [0, 0.1) is 0 Å². The van der Waals surface area contributed by atoms with E-state index in [-0.39, 0.29) is 5.38 Å². The van der Waals surface area contributed by atoms with Crippen molar-refractivity contribution in [2.24, 2.45) is 0 Å². The average molecular weight is 339 g/mol. The van der Waals surface area contributed by atoms with Crippen molar-refractivity contribution >= 4 is 49.1 Å². The maximum absolute atomic E-state index is 6.48. The molecule has 0 saturated heterocycles. The van der Waals surface area contributed by atoms with E-state index >= 15 is 0 Å². The molecule has 1 heterocycles. The largest absolute Gasteiger partial charge is 0.239 e. The fourth-order valence-electron chi connectivity index (χ4n) is 1.79. The maximum atomic E-state index is 6.48. The molecule has 0 saturated carbocycles. The quantitative estimate of drug-likeness (QED) is 0.571. The second-order valence-corrected chi connectivity index (χ2v) is 6.35. The molecule has 0 fully saturated rings. The number of thiazole rings is 1. The molecule has 90 valence electrons. The monoisotopic (exact) mass is 337 g/mol. The summed E-state index contributed by atoms with van der Waals surface area (Å²) in [6.45, 7) is 0. The molecule has 0 aliphatic heterocycles. The van der Waals surface area contributed by atoms with Crippen LogP contribution >= 0.6 is 38.9 Å². The number of hydrogen-bond acceptors (Lipinski definition) is 2. The predicted octanol–water partition coefficient (Wildman–Crippen LogP) is 5.39. The molecule has 1 aromatic heterocycles. The van der Waals surface area contributed by atoms with E-state index in [0.717, 1.165) is 25.3 Å². The van der Waals surface area contributed by atoms with Gasteiger partial charge in [0.25, 0.3) is 0 Å². The minimum Gasteiger partial charge on any atom is -0.239 e. The van der Waals surface area contributed by atoms with E-state index in [9.17, 15) is 0 Å². The SMILES string of the molecule is ClC(c1ccccc1)c1nc2cc(Br)ccc2s1. The molecule has 0 aliphatic rings. The Hall–Kier alpha value is -0.900. The molecule has 2 aromatic carbocycles. The van der Waals surface area contributed by atoms with E-state index in [0.29, 0.717) is 0 Å². The number of rotatable bonds is 2. The van der Waals surface area contributed by atoms with E-state index in [2.05, 4.69) is 27.0 Å². The molecule has 1 unspecified atom stereocenters. The molecular weight excluding hydrogens is 330 g/mol. The Morgan fingerprint density at radius 2 is 1.89 bits per heavy atom. The van der Waals surface area contributed by atoms with Crippen LogP contribution in [0.15, 0.2) is 53.0 Å². The van der Waals surface area contributed by atoms with Gasteiger partial charge in [0, 0.05) is 4.47 Å². The van der Waals surface area contributed by atoms with Crippen LogP contribution in [-0.2, 0) is 0 Å². The summed E-state index contributed by atoms with van der Waals surface area (Å²) in [5.41, 5.74) is 2.07. The molecule has 1 atom stereocenters. The van der Waals surface area contributed by atoms with Crippen molar-refractivity contribution in [1.29, 1.82) is 0 Å². The van der Waals surface area contributed by atoms with Crippen molar-refractivity contribution in [3.63, 3.8) is 0 Å². The number of aromatic nitrogens is 1. The summed E-state index contributed by atoms with van der Waals surface area (Å²) in [5.74, 6) is 0. The maximum Gasteiger partial charge on any atom is 0.116 e. The van der Waals surface area contributed by atoms with E-state index in [1.165, 1.54) is 0 Å². The second kappa shape index (κ2) is 5.00. The summed E-state index contributed by atoms with van der Waals surface area (Å²) in [6.07, 6.45) is 0. The topological polar surface area (TPSA) is 12.9 Å². The number of benzene rings is 2. The fraction of sp³-hybridized carbons (Fsp3) is 0.0714. The molecule has 4 heteroatoms. The van der Waals surface area contributed by atoms with Crippen LogP contribution in [0.2, 0.25) is 0 Å². The van der Waals surface area contributed by atoms with E-state index < -0.39 is 0 Å². The number of nitrogens with zero attached hydrogens (tertiary/aromatic N) is 1. The lowest BCUT2D eigenvalue weighted by Gasteiger charge is -2.05. The van der Waals surface area contributed by atoms with Gasteiger partial charge in [-0.25, -0.2) is 4.98 Å². The Kier molecular flexibility index (Phi) is 3.37. The van der Waals surface area contributed by atoms with Gasteiger partial charge in [0.1, 0.15) is 10.4 Å². The molecule has 1 nitrogen and oxygen atoms in total. The van der Waals surface area contributed by atoms with Gasteiger partial charge in [-0.2, -0.15) is 0 Å². The van der Waals surface area contributed by atoms with Crippen LogP contribution in [0.25, 0.3) is 10.2 Å². The zero-order valence-corrected chi connectivity index (χ0v) is 12.5. The number of halogens is 2. The second-order valence-electron chi connectivity index (χ2n) is 3.94. The molecular formula is C14H9BrClNS. The van der Waals surface area contributed by atoms with Gasteiger partial charge in [-0.3, -0.25) is 0 Å². The van der Waals surface area contributed by atoms with Gasteiger partial charge in [-0.1, -0.05) is 46.3 Å². The fourth-order valence-corrected chi connectivity index (χ4v) is 3.42. The minimum atomic E-state index is -0.178. The van der Waals surface area contributed by atoms with E-state index in [1.807, 2.05) is 42.5 Å². The molecule has 0 spiro atoms. The van der Waals surface area contributed by atoms with Gasteiger partial charge < -0.3 is 0 Å². The third-order valence-electron chi connectivity index (χ3n) is 2.68. The van der Waals surface area contributed by atoms with Crippen LogP contribution < -0.4 is 0 Å². The zero-order chi connectivity index (χ0) is 12.5. The molecule has 0 bridgehead atoms. The number of alkyl halides is 1. The molecule has 0 amide bonds. The number of hydrogen-bond donors (Lipinski definition) is 0. The first-order chi connectivity index (χ1) is 8.74. The molecule has 3 rings (SSSR count). The van der Waals surface area contributed by atoms with Crippen molar-refractivity contribution in [1.82, 2.24) is 4.98 Å². The minimum absolute atomic E-state index is 0.178. The molecule has 18 heavy (non-hydrogen) atoms. The van der Waals surface area contributed by atoms with Gasteiger partial charge in [0.15, 0.2) is 0 Å². The first-order valence-electron chi connectivity index (χ1n) is 5.49. The summed E-state index contributed by atoms with van der Waals surface area (Å²) in [7, 11) is 0. The van der Waals surface area contributed by atoms with Gasteiger partial charge in [0.05, 0.1) is 10.2 Å². The van der Waals surface area contributed by atoms with Crippen LogP contribution in [0.5, 0.6) is 0 Å². The highest BCUT2D eigenvalue weighted by molar-refractivity contribution is 9.10. The zero-order valence-electron chi connectivity index (χ0n) is 9.31. The van der Waals surface area contributed by atoms with Gasteiger partial charge in [-0.05, 0) is 23.8 Å². The van der Waals surface area contributed by atoms with Gasteiger partial charge in [0.2, 0.25) is 0 Å². The summed E-state index contributed by atoms with van der Waals surface area (Å²) in [6, 6.07) is 16.1. The van der Waals surface area contributed by atoms with Gasteiger partial charge in [-0.15, -0.1) is 22.9 Å². The first kappa shape index (κ1) is 12.2. The van der Waals surface area contributed by atoms with Crippen LogP contribution in [-0.4, -0.2) is 4.98 Å². The van der Waals surface area contributed by atoms with E-state index in [4.69, 9.17) is 11.6 Å². The van der Waals surface area contributed by atoms with Crippen molar-refractivity contribution in [2.75, 3.05) is 0 Å². The third kappa shape index (κ3) is 2.30. The predicted molar refractivity (Wildman–Crippen MR) is 81.5 cm³/mol. The lowest BCUT2D eigenvalue weighted by molar-refractivity contribution is 1.11. The highest BCUT2D eigenvalue weighted by Crippen LogP contribution is 2.35. The van der Waals surface area contributed by atoms with Crippen molar-refractivity contribution < 1.29 is 0 Å². The third-order valence-corrected chi connectivity index (χ3v) is 4.86. The molecule has 0 N–H and O–H groups in total. The summed E-state index contributed by atoms with van der Waals surface area (Å²) >= 11 is 11.6. The highest BCUT2D eigenvalue weighted by Gasteiger charge is 2.15. The van der Waals surface area contributed by atoms with Crippen molar-refractivity contribution in [3.05, 3.63) is 63.6 Å². The van der Waals surface area contributed by atoms with Crippen molar-refractivity contribution in [3.8, 4) is 0 Å². The Bertz CT molecular complexity index is 681. The van der Waals surface area contributed by atoms with Crippen molar-refractivity contribution in [2.45, 2.75) is 5.38 Å². The molecule has 3 aromatic rings. The molecule has 0 aliphatic carbocycles. The summed E-state index contributed by atoms with van der Waals surface area (Å²) in [5, 5.41) is 0.762. The normalized spacial score (nSPS) is 12.8. The lowest BCUT2D eigenvalue weighted by atomic mass is 10.1. The average Bonchev–Trinajstić information content (AvgIpc) is 2.81. The van der Waals surface area contributed by atoms with Crippen LogP contribution in [0.3, 0.4) is 0 Å². The van der Waals surface area contributed by atoms with Crippen LogP contribution in [0.1, 0.15) is 15.9 Å². The standard InChI is InChI=1S/C14H9BrClNS/c15-10-6-7-12-11(8-10)17-14(18-12)13(16)9-4-2-1-3-5-9/h1-8,13H. The Labute approximate surface area is 123 Å². The van der Waals surface area contributed by atoms with Crippen LogP contribution in [0.4, 0.5) is 0 Å². The lowest BCUT2D eigenvalue weighted by Crippen LogP contribution is -1.91. The summed E-state index contributed by atoms with van der Waals surface area (Å²) in [4.78, 5) is 4.61. The van der Waals surface area contributed by atoms with Gasteiger partial charge >= 0.3 is 0 Å². The highest BCUT2D eigenvalue weighted by atomic mass is 79.9. The number of fused-ring (bicyclic) bond motifs is 1. The smallest absolute Gasteiger partial charge is 0.116 e. The Balaban J connectivity index is 2.04. The van der Waals surface area contributed by atoms with E-state index in [1.54, 1.807) is 11.3 Å². The summed E-state index contributed by atoms with van der Waals surface area (Å²) < 4.78 is 2.20. The Morgan fingerprint density at radius 1 is 1.11 bits per heavy atom.